The third kappa shape index (κ3) is 3.27. The SMILES string of the molecule is C=CC[n+]1c(Nc2cccc(O)c2)sc(C)c1-c1ccccc1. The average molecular weight is 323 g/mol. The van der Waals surface area contributed by atoms with Crippen LogP contribution in [0, 0.1) is 6.92 Å². The smallest absolute Gasteiger partial charge is 0.339 e. The molecule has 0 aliphatic carbocycles. The maximum atomic E-state index is 9.64. The second kappa shape index (κ2) is 6.67. The lowest BCUT2D eigenvalue weighted by atomic mass is 10.1. The van der Waals surface area contributed by atoms with Crippen molar-refractivity contribution in [2.75, 3.05) is 5.32 Å². The van der Waals surface area contributed by atoms with Crippen LogP contribution in [0.4, 0.5) is 10.8 Å². The van der Waals surface area contributed by atoms with E-state index in [0.29, 0.717) is 0 Å². The van der Waals surface area contributed by atoms with Crippen LogP contribution in [0.15, 0.2) is 67.3 Å². The van der Waals surface area contributed by atoms with Gasteiger partial charge in [0.2, 0.25) is 0 Å². The van der Waals surface area contributed by atoms with Crippen molar-refractivity contribution in [1.29, 1.82) is 0 Å². The van der Waals surface area contributed by atoms with Crippen molar-refractivity contribution in [2.24, 2.45) is 0 Å². The van der Waals surface area contributed by atoms with Crippen LogP contribution >= 0.6 is 11.3 Å². The van der Waals surface area contributed by atoms with Gasteiger partial charge in [0, 0.05) is 11.6 Å². The summed E-state index contributed by atoms with van der Waals surface area (Å²) >= 11 is 1.70. The molecule has 3 nitrogen and oxygen atoms in total. The molecular weight excluding hydrogens is 304 g/mol. The molecule has 116 valence electrons. The Labute approximate surface area is 140 Å². The molecular formula is C19H19N2OS+. The minimum Gasteiger partial charge on any atom is -0.508 e. The number of nitrogens with zero attached hydrogens (tertiary/aromatic N) is 1. The van der Waals surface area contributed by atoms with Crippen LogP contribution in [0.2, 0.25) is 0 Å². The summed E-state index contributed by atoms with van der Waals surface area (Å²) in [6.07, 6.45) is 1.90. The van der Waals surface area contributed by atoms with E-state index in [0.717, 1.165) is 17.4 Å². The van der Waals surface area contributed by atoms with Crippen LogP contribution in [0.5, 0.6) is 5.75 Å². The second-order valence-electron chi connectivity index (χ2n) is 5.25. The van der Waals surface area contributed by atoms with Gasteiger partial charge in [-0.05, 0) is 19.1 Å². The molecule has 0 saturated carbocycles. The van der Waals surface area contributed by atoms with Crippen LogP contribution in [0.3, 0.4) is 0 Å². The molecule has 0 aliphatic heterocycles. The Morgan fingerprint density at radius 1 is 1.17 bits per heavy atom. The first-order chi connectivity index (χ1) is 11.2. The summed E-state index contributed by atoms with van der Waals surface area (Å²) < 4.78 is 2.21. The van der Waals surface area contributed by atoms with Gasteiger partial charge in [-0.1, -0.05) is 60.4 Å². The Morgan fingerprint density at radius 2 is 1.96 bits per heavy atom. The number of hydrogen-bond donors (Lipinski definition) is 2. The van der Waals surface area contributed by atoms with Gasteiger partial charge in [0.05, 0.1) is 4.88 Å². The van der Waals surface area contributed by atoms with Gasteiger partial charge in [-0.3, -0.25) is 0 Å². The number of thiazole rings is 1. The number of aromatic nitrogens is 1. The van der Waals surface area contributed by atoms with Gasteiger partial charge in [-0.15, -0.1) is 0 Å². The lowest BCUT2D eigenvalue weighted by molar-refractivity contribution is -0.657. The topological polar surface area (TPSA) is 36.1 Å². The van der Waals surface area contributed by atoms with Crippen molar-refractivity contribution in [3.63, 3.8) is 0 Å². The van der Waals surface area contributed by atoms with Crippen LogP contribution in [0.1, 0.15) is 4.88 Å². The summed E-state index contributed by atoms with van der Waals surface area (Å²) in [5, 5.41) is 14.1. The van der Waals surface area contributed by atoms with Crippen LogP contribution in [0.25, 0.3) is 11.3 Å². The molecule has 2 N–H and O–H groups in total. The van der Waals surface area contributed by atoms with Crippen LogP contribution in [-0.2, 0) is 6.54 Å². The number of aromatic hydroxyl groups is 1. The Balaban J connectivity index is 2.06. The van der Waals surface area contributed by atoms with Crippen molar-refractivity contribution in [3.8, 4) is 17.0 Å². The molecule has 4 heteroatoms. The number of phenolic OH excluding ortho intramolecular Hbond substituents is 1. The molecule has 0 spiro atoms. The van der Waals surface area contributed by atoms with Crippen molar-refractivity contribution in [2.45, 2.75) is 13.5 Å². The Kier molecular flexibility index (Phi) is 4.44. The van der Waals surface area contributed by atoms with E-state index in [1.54, 1.807) is 23.5 Å². The van der Waals surface area contributed by atoms with E-state index in [4.69, 9.17) is 0 Å². The first-order valence-electron chi connectivity index (χ1n) is 7.44. The lowest BCUT2D eigenvalue weighted by Crippen LogP contribution is -2.35. The number of hydrogen-bond acceptors (Lipinski definition) is 3. The highest BCUT2D eigenvalue weighted by Gasteiger charge is 2.22. The van der Waals surface area contributed by atoms with E-state index in [2.05, 4.69) is 35.5 Å². The third-order valence-electron chi connectivity index (χ3n) is 3.55. The molecule has 23 heavy (non-hydrogen) atoms. The van der Waals surface area contributed by atoms with Gasteiger partial charge in [0.1, 0.15) is 23.7 Å². The summed E-state index contributed by atoms with van der Waals surface area (Å²) in [6.45, 7) is 6.72. The second-order valence-corrected chi connectivity index (χ2v) is 6.46. The monoisotopic (exact) mass is 323 g/mol. The third-order valence-corrected chi connectivity index (χ3v) is 4.57. The van der Waals surface area contributed by atoms with Gasteiger partial charge in [0.25, 0.3) is 0 Å². The molecule has 0 fully saturated rings. The van der Waals surface area contributed by atoms with E-state index in [1.165, 1.54) is 16.1 Å². The number of rotatable bonds is 5. The van der Waals surface area contributed by atoms with Crippen LogP contribution in [-0.4, -0.2) is 5.11 Å². The molecule has 0 unspecified atom stereocenters. The van der Waals surface area contributed by atoms with Crippen molar-refractivity contribution >= 4 is 22.2 Å². The minimum atomic E-state index is 0.252. The summed E-state index contributed by atoms with van der Waals surface area (Å²) in [5.74, 6) is 0.252. The molecule has 1 aromatic heterocycles. The predicted molar refractivity (Wildman–Crippen MR) is 96.3 cm³/mol. The zero-order chi connectivity index (χ0) is 16.2. The summed E-state index contributed by atoms with van der Waals surface area (Å²) in [4.78, 5) is 1.24. The highest BCUT2D eigenvalue weighted by atomic mass is 32.1. The van der Waals surface area contributed by atoms with E-state index >= 15 is 0 Å². The fourth-order valence-electron chi connectivity index (χ4n) is 2.60. The Morgan fingerprint density at radius 3 is 2.65 bits per heavy atom. The van der Waals surface area contributed by atoms with Crippen molar-refractivity contribution < 1.29 is 9.67 Å². The van der Waals surface area contributed by atoms with E-state index in [1.807, 2.05) is 36.4 Å². The fraction of sp³-hybridized carbons (Fsp3) is 0.105. The number of phenols is 1. The Bertz CT molecular complexity index is 825. The number of anilines is 2. The van der Waals surface area contributed by atoms with Gasteiger partial charge >= 0.3 is 5.13 Å². The highest BCUT2D eigenvalue weighted by molar-refractivity contribution is 7.15. The van der Waals surface area contributed by atoms with E-state index in [9.17, 15) is 5.11 Å². The summed E-state index contributed by atoms with van der Waals surface area (Å²) in [5.41, 5.74) is 3.24. The maximum absolute atomic E-state index is 9.64. The summed E-state index contributed by atoms with van der Waals surface area (Å²) in [7, 11) is 0. The van der Waals surface area contributed by atoms with E-state index in [-0.39, 0.29) is 5.75 Å². The highest BCUT2D eigenvalue weighted by Crippen LogP contribution is 2.31. The average Bonchev–Trinajstić information content (AvgIpc) is 2.84. The zero-order valence-electron chi connectivity index (χ0n) is 13.0. The molecule has 1 heterocycles. The minimum absolute atomic E-state index is 0.252. The molecule has 3 aromatic rings. The number of benzene rings is 2. The molecule has 0 atom stereocenters. The predicted octanol–water partition coefficient (Wildman–Crippen LogP) is 4.65. The number of aryl methyl sites for hydroxylation is 1. The lowest BCUT2D eigenvalue weighted by Gasteiger charge is -2.05. The first-order valence-corrected chi connectivity index (χ1v) is 8.26. The molecule has 2 aromatic carbocycles. The van der Waals surface area contributed by atoms with E-state index < -0.39 is 0 Å². The largest absolute Gasteiger partial charge is 0.508 e. The van der Waals surface area contributed by atoms with Gasteiger partial charge in [-0.2, -0.15) is 0 Å². The zero-order valence-corrected chi connectivity index (χ0v) is 13.8. The van der Waals surface area contributed by atoms with Gasteiger partial charge in [0.15, 0.2) is 0 Å². The normalized spacial score (nSPS) is 10.5. The fourth-order valence-corrected chi connectivity index (χ4v) is 3.66. The Hall–Kier alpha value is -2.59. The summed E-state index contributed by atoms with van der Waals surface area (Å²) in [6, 6.07) is 17.5. The molecule has 0 saturated heterocycles. The molecule has 3 rings (SSSR count). The van der Waals surface area contributed by atoms with Crippen molar-refractivity contribution in [1.82, 2.24) is 0 Å². The first kappa shape index (κ1) is 15.3. The molecule has 0 radical (unpaired) electrons. The molecule has 0 aliphatic rings. The molecule has 0 bridgehead atoms. The quantitative estimate of drug-likeness (QED) is 0.530. The van der Waals surface area contributed by atoms with Crippen LogP contribution < -0.4 is 9.88 Å². The standard InChI is InChI=1S/C19H18N2OS/c1-3-12-21-18(15-8-5-4-6-9-15)14(2)23-19(21)20-16-10-7-11-17(22)13-16/h3-11,13,22H,1,12H2,2H3/p+1. The van der Waals surface area contributed by atoms with Gasteiger partial charge in [-0.25, -0.2) is 9.88 Å². The maximum Gasteiger partial charge on any atom is 0.339 e. The van der Waals surface area contributed by atoms with Crippen molar-refractivity contribution in [3.05, 3.63) is 72.1 Å². The molecule has 0 amide bonds. The number of nitrogens with one attached hydrogen (secondary N) is 1. The number of allylic oxidation sites excluding steroid dienone is 1. The van der Waals surface area contributed by atoms with Gasteiger partial charge < -0.3 is 5.11 Å².